The highest BCUT2D eigenvalue weighted by Gasteiger charge is 2.27. The lowest BCUT2D eigenvalue weighted by Gasteiger charge is -2.24. The summed E-state index contributed by atoms with van der Waals surface area (Å²) in [5, 5.41) is 5.97. The molecule has 33 heavy (non-hydrogen) atoms. The lowest BCUT2D eigenvalue weighted by molar-refractivity contribution is -0.125. The molecule has 2 aromatic rings. The number of hydrogen-bond donors (Lipinski definition) is 2. The van der Waals surface area contributed by atoms with Gasteiger partial charge >= 0.3 is 0 Å². The fourth-order valence-corrected chi connectivity index (χ4v) is 4.42. The maximum Gasteiger partial charge on any atom is 0.237 e. The number of likely N-dealkylation sites (N-methyl/N-ethyl adjacent to an activating group) is 2. The molecule has 1 aromatic carbocycles. The molecule has 1 aromatic heterocycles. The van der Waals surface area contributed by atoms with Crippen LogP contribution in [0.2, 0.25) is 0 Å². The molecule has 2 heterocycles. The number of thiazole rings is 1. The number of carbonyl (C=O) groups is 2. The van der Waals surface area contributed by atoms with Gasteiger partial charge in [0, 0.05) is 6.54 Å². The summed E-state index contributed by atoms with van der Waals surface area (Å²) < 4.78 is 0. The van der Waals surface area contributed by atoms with Crippen LogP contribution >= 0.6 is 11.3 Å². The number of aryl methyl sites for hydroxylation is 1. The van der Waals surface area contributed by atoms with Crippen LogP contribution in [0, 0.1) is 12.3 Å². The van der Waals surface area contributed by atoms with Gasteiger partial charge in [-0.25, -0.2) is 4.98 Å². The van der Waals surface area contributed by atoms with Gasteiger partial charge in [-0.2, -0.15) is 0 Å². The van der Waals surface area contributed by atoms with Gasteiger partial charge in [0.25, 0.3) is 0 Å². The van der Waals surface area contributed by atoms with E-state index in [-0.39, 0.29) is 23.4 Å². The lowest BCUT2D eigenvalue weighted by Crippen LogP contribution is -2.41. The Kier molecular flexibility index (Phi) is 12.5. The van der Waals surface area contributed by atoms with Crippen molar-refractivity contribution in [1.82, 2.24) is 20.5 Å². The summed E-state index contributed by atoms with van der Waals surface area (Å²) in [5.74, 6) is 0.141. The molecule has 0 spiro atoms. The van der Waals surface area contributed by atoms with Crippen LogP contribution in [0.4, 0.5) is 0 Å². The molecule has 6 nitrogen and oxygen atoms in total. The number of benzene rings is 1. The van der Waals surface area contributed by atoms with Crippen molar-refractivity contribution in [2.24, 2.45) is 5.41 Å². The van der Waals surface area contributed by atoms with Gasteiger partial charge < -0.3 is 15.4 Å². The molecular weight excluding hydrogens is 432 g/mol. The molecule has 2 atom stereocenters. The second-order valence-electron chi connectivity index (χ2n) is 9.09. The molecule has 2 unspecified atom stereocenters. The molecule has 0 bridgehead atoms. The van der Waals surface area contributed by atoms with Crippen molar-refractivity contribution >= 4 is 23.5 Å². The average Bonchev–Trinajstić information content (AvgIpc) is 3.42. The normalized spacial score (nSPS) is 16.7. The van der Waals surface area contributed by atoms with E-state index in [1.54, 1.807) is 18.4 Å². The third kappa shape index (κ3) is 8.99. The molecule has 184 valence electrons. The first-order valence-electron chi connectivity index (χ1n) is 11.8. The van der Waals surface area contributed by atoms with Crippen LogP contribution < -0.4 is 10.6 Å². The van der Waals surface area contributed by atoms with E-state index in [9.17, 15) is 9.59 Å². The maximum absolute atomic E-state index is 12.2. The zero-order chi connectivity index (χ0) is 25.0. The van der Waals surface area contributed by atoms with Crippen molar-refractivity contribution in [2.45, 2.75) is 73.0 Å². The van der Waals surface area contributed by atoms with Crippen molar-refractivity contribution in [3.63, 3.8) is 0 Å². The minimum absolute atomic E-state index is 0.0301. The molecule has 3 rings (SSSR count). The molecule has 1 amide bonds. The highest BCUT2D eigenvalue weighted by atomic mass is 32.1. The maximum atomic E-state index is 12.2. The molecule has 7 heteroatoms. The second-order valence-corrected chi connectivity index (χ2v) is 9.94. The van der Waals surface area contributed by atoms with E-state index in [2.05, 4.69) is 44.8 Å². The van der Waals surface area contributed by atoms with Gasteiger partial charge in [0.1, 0.15) is 6.29 Å². The van der Waals surface area contributed by atoms with Crippen LogP contribution in [-0.4, -0.2) is 54.8 Å². The van der Waals surface area contributed by atoms with Gasteiger partial charge in [-0.15, -0.1) is 11.3 Å². The first kappa shape index (κ1) is 28.9. The van der Waals surface area contributed by atoms with Crippen LogP contribution in [0.3, 0.4) is 0 Å². The van der Waals surface area contributed by atoms with Crippen molar-refractivity contribution in [2.75, 3.05) is 20.6 Å². The van der Waals surface area contributed by atoms with Crippen LogP contribution in [0.1, 0.15) is 58.7 Å². The van der Waals surface area contributed by atoms with Gasteiger partial charge in [0.2, 0.25) is 5.91 Å². The van der Waals surface area contributed by atoms with Gasteiger partial charge in [-0.1, -0.05) is 58.9 Å². The van der Waals surface area contributed by atoms with Crippen LogP contribution in [0.25, 0.3) is 10.4 Å². The van der Waals surface area contributed by atoms with Gasteiger partial charge in [-0.3, -0.25) is 9.69 Å². The Morgan fingerprint density at radius 2 is 1.91 bits per heavy atom. The quantitative estimate of drug-likeness (QED) is 0.595. The average molecular weight is 475 g/mol. The highest BCUT2D eigenvalue weighted by molar-refractivity contribution is 7.13. The molecule has 0 saturated carbocycles. The standard InChI is InChI=1S/C17H21N3OS.C7H15NO.C2H6/c1-12-16(22-11-19-12)14-7-5-13(6-8-14)10-18-17(21)15-4-3-9-20(15)2;1-7(2,3)6(5-9)8-4;1-2/h5-8,11,15H,3-4,9-10H2,1-2H3,(H,18,21);5-6,8H,1-4H3;1-2H3. The second kappa shape index (κ2) is 14.2. The highest BCUT2D eigenvalue weighted by Crippen LogP contribution is 2.27. The monoisotopic (exact) mass is 474 g/mol. The molecule has 0 radical (unpaired) electrons. The minimum atomic E-state index is -0.0301. The molecule has 2 N–H and O–H groups in total. The number of likely N-dealkylation sites (tertiary alicyclic amines) is 1. The van der Waals surface area contributed by atoms with E-state index in [0.717, 1.165) is 36.9 Å². The zero-order valence-corrected chi connectivity index (χ0v) is 22.4. The number of aldehydes is 1. The number of amides is 1. The number of aromatic nitrogens is 1. The van der Waals surface area contributed by atoms with Crippen molar-refractivity contribution < 1.29 is 9.59 Å². The Hall–Kier alpha value is -2.09. The first-order valence-corrected chi connectivity index (χ1v) is 12.6. The largest absolute Gasteiger partial charge is 0.351 e. The summed E-state index contributed by atoms with van der Waals surface area (Å²) in [4.78, 5) is 30.1. The molecular formula is C26H42N4O2S. The Morgan fingerprint density at radius 3 is 2.30 bits per heavy atom. The zero-order valence-electron chi connectivity index (χ0n) is 21.6. The number of nitrogens with one attached hydrogen (secondary N) is 2. The van der Waals surface area contributed by atoms with E-state index in [1.165, 1.54) is 10.4 Å². The fraction of sp³-hybridized carbons (Fsp3) is 0.577. The minimum Gasteiger partial charge on any atom is -0.351 e. The first-order chi connectivity index (χ1) is 15.7. The fourth-order valence-electron chi connectivity index (χ4n) is 3.61. The topological polar surface area (TPSA) is 74.3 Å². The number of hydrogen-bond acceptors (Lipinski definition) is 6. The Morgan fingerprint density at radius 1 is 1.27 bits per heavy atom. The van der Waals surface area contributed by atoms with E-state index >= 15 is 0 Å². The Bertz CT molecular complexity index is 843. The van der Waals surface area contributed by atoms with Crippen LogP contribution in [0.5, 0.6) is 0 Å². The number of nitrogens with zero attached hydrogens (tertiary/aromatic N) is 2. The van der Waals surface area contributed by atoms with Crippen LogP contribution in [0.15, 0.2) is 29.8 Å². The lowest BCUT2D eigenvalue weighted by atomic mass is 9.88. The Balaban J connectivity index is 0.000000420. The summed E-state index contributed by atoms with van der Waals surface area (Å²) in [6, 6.07) is 8.37. The summed E-state index contributed by atoms with van der Waals surface area (Å²) >= 11 is 1.66. The summed E-state index contributed by atoms with van der Waals surface area (Å²) in [5.41, 5.74) is 5.29. The van der Waals surface area contributed by atoms with Gasteiger partial charge in [0.15, 0.2) is 0 Å². The van der Waals surface area contributed by atoms with Gasteiger partial charge in [0.05, 0.1) is 28.2 Å². The third-order valence-electron chi connectivity index (χ3n) is 5.63. The van der Waals surface area contributed by atoms with Gasteiger partial charge in [-0.05, 0) is 56.9 Å². The van der Waals surface area contributed by atoms with E-state index in [0.29, 0.717) is 6.54 Å². The predicted octanol–water partition coefficient (Wildman–Crippen LogP) is 4.67. The van der Waals surface area contributed by atoms with E-state index < -0.39 is 0 Å². The van der Waals surface area contributed by atoms with E-state index in [4.69, 9.17) is 0 Å². The predicted molar refractivity (Wildman–Crippen MR) is 140 cm³/mol. The molecule has 0 aliphatic carbocycles. The number of carbonyl (C=O) groups excluding carboxylic acids is 2. The smallest absolute Gasteiger partial charge is 0.237 e. The molecule has 1 aliphatic rings. The summed E-state index contributed by atoms with van der Waals surface area (Å²) in [7, 11) is 3.81. The molecule has 1 aliphatic heterocycles. The van der Waals surface area contributed by atoms with E-state index in [1.807, 2.05) is 54.1 Å². The summed E-state index contributed by atoms with van der Waals surface area (Å²) in [6.07, 6.45) is 3.02. The SMILES string of the molecule is CC.CNC(C=O)C(C)(C)C.Cc1ncsc1-c1ccc(CNC(=O)C2CCCN2C)cc1. The van der Waals surface area contributed by atoms with Crippen LogP contribution in [-0.2, 0) is 16.1 Å². The summed E-state index contributed by atoms with van der Waals surface area (Å²) in [6.45, 7) is 13.7. The third-order valence-corrected chi connectivity index (χ3v) is 6.61. The van der Waals surface area contributed by atoms with Crippen molar-refractivity contribution in [3.8, 4) is 10.4 Å². The molecule has 1 saturated heterocycles. The van der Waals surface area contributed by atoms with Crippen molar-refractivity contribution in [1.29, 1.82) is 0 Å². The molecule has 1 fully saturated rings. The van der Waals surface area contributed by atoms with Crippen molar-refractivity contribution in [3.05, 3.63) is 41.0 Å². The number of rotatable bonds is 6. The Labute approximate surface area is 204 Å².